The third kappa shape index (κ3) is 2.86. The molecule has 2 atom stereocenters. The normalized spacial score (nSPS) is 29.3. The molecule has 5 nitrogen and oxygen atoms in total. The molecule has 19 heavy (non-hydrogen) atoms. The maximum absolute atomic E-state index is 12.6. The lowest BCUT2D eigenvalue weighted by molar-refractivity contribution is -0.126. The molecular weight excluding hydrogens is 240 g/mol. The summed E-state index contributed by atoms with van der Waals surface area (Å²) in [5, 5.41) is 11.3. The van der Waals surface area contributed by atoms with Crippen LogP contribution in [0, 0.1) is 5.92 Å². The maximum Gasteiger partial charge on any atom is 0.152 e. The van der Waals surface area contributed by atoms with Gasteiger partial charge in [0.25, 0.3) is 0 Å². The van der Waals surface area contributed by atoms with Crippen molar-refractivity contribution in [1.29, 1.82) is 0 Å². The summed E-state index contributed by atoms with van der Waals surface area (Å²) in [6.45, 7) is 0.896. The lowest BCUT2D eigenvalue weighted by Crippen LogP contribution is -2.46. The van der Waals surface area contributed by atoms with Gasteiger partial charge in [-0.05, 0) is 32.2 Å². The molecule has 2 heterocycles. The standard InChI is InChI=1S/C14H22N4O/c19-14(11-4-2-1-3-5-11)13-10-12(6-7-15-13)18-9-8-16-17-18/h8-9,11-13,15H,1-7,10H2. The Morgan fingerprint density at radius 1 is 1.21 bits per heavy atom. The van der Waals surface area contributed by atoms with Crippen LogP contribution in [0.5, 0.6) is 0 Å². The maximum atomic E-state index is 12.6. The van der Waals surface area contributed by atoms with Crippen molar-refractivity contribution in [2.24, 2.45) is 5.92 Å². The van der Waals surface area contributed by atoms with Crippen molar-refractivity contribution in [3.63, 3.8) is 0 Å². The zero-order valence-electron chi connectivity index (χ0n) is 11.3. The van der Waals surface area contributed by atoms with E-state index in [2.05, 4.69) is 15.6 Å². The fourth-order valence-electron chi connectivity index (χ4n) is 3.44. The van der Waals surface area contributed by atoms with Crippen molar-refractivity contribution in [3.8, 4) is 0 Å². The third-order valence-corrected chi connectivity index (χ3v) is 4.54. The summed E-state index contributed by atoms with van der Waals surface area (Å²) in [6, 6.07) is 0.340. The Kier molecular flexibility index (Phi) is 3.92. The Balaban J connectivity index is 1.62. The van der Waals surface area contributed by atoms with Gasteiger partial charge >= 0.3 is 0 Å². The van der Waals surface area contributed by atoms with E-state index in [4.69, 9.17) is 0 Å². The van der Waals surface area contributed by atoms with Crippen LogP contribution in [-0.4, -0.2) is 33.4 Å². The van der Waals surface area contributed by atoms with E-state index in [1.165, 1.54) is 19.3 Å². The molecule has 1 N–H and O–H groups in total. The van der Waals surface area contributed by atoms with Crippen LogP contribution in [0.3, 0.4) is 0 Å². The zero-order chi connectivity index (χ0) is 13.1. The molecule has 1 saturated carbocycles. The molecule has 0 bridgehead atoms. The fourth-order valence-corrected chi connectivity index (χ4v) is 3.44. The molecule has 1 aromatic heterocycles. The van der Waals surface area contributed by atoms with Gasteiger partial charge in [0.2, 0.25) is 0 Å². The van der Waals surface area contributed by atoms with Gasteiger partial charge in [-0.1, -0.05) is 24.5 Å². The highest BCUT2D eigenvalue weighted by molar-refractivity contribution is 5.86. The lowest BCUT2D eigenvalue weighted by Gasteiger charge is -2.32. The number of nitrogens with zero attached hydrogens (tertiary/aromatic N) is 3. The topological polar surface area (TPSA) is 59.8 Å². The molecule has 104 valence electrons. The summed E-state index contributed by atoms with van der Waals surface area (Å²) in [5.74, 6) is 0.727. The second kappa shape index (κ2) is 5.82. The minimum atomic E-state index is 0.0195. The van der Waals surface area contributed by atoms with Crippen LogP contribution in [0.25, 0.3) is 0 Å². The molecule has 0 amide bonds. The van der Waals surface area contributed by atoms with Crippen LogP contribution in [-0.2, 0) is 4.79 Å². The van der Waals surface area contributed by atoms with Gasteiger partial charge in [0.1, 0.15) is 0 Å². The van der Waals surface area contributed by atoms with Gasteiger partial charge in [-0.3, -0.25) is 4.79 Å². The summed E-state index contributed by atoms with van der Waals surface area (Å²) in [7, 11) is 0. The van der Waals surface area contributed by atoms with Crippen molar-refractivity contribution in [2.45, 2.75) is 57.0 Å². The van der Waals surface area contributed by atoms with Crippen molar-refractivity contribution in [3.05, 3.63) is 12.4 Å². The first-order valence-corrected chi connectivity index (χ1v) is 7.47. The van der Waals surface area contributed by atoms with Crippen LogP contribution in [0.2, 0.25) is 0 Å². The fraction of sp³-hybridized carbons (Fsp3) is 0.786. The predicted molar refractivity (Wildman–Crippen MR) is 71.7 cm³/mol. The Hall–Kier alpha value is -1.23. The molecule has 0 spiro atoms. The molecule has 5 heteroatoms. The summed E-state index contributed by atoms with van der Waals surface area (Å²) in [5.41, 5.74) is 0. The van der Waals surface area contributed by atoms with Crippen molar-refractivity contribution >= 4 is 5.78 Å². The average molecular weight is 262 g/mol. The van der Waals surface area contributed by atoms with Gasteiger partial charge in [0.15, 0.2) is 5.78 Å². The largest absolute Gasteiger partial charge is 0.307 e. The quantitative estimate of drug-likeness (QED) is 0.901. The van der Waals surface area contributed by atoms with Gasteiger partial charge in [-0.25, -0.2) is 4.68 Å². The van der Waals surface area contributed by atoms with E-state index in [1.54, 1.807) is 6.20 Å². The Labute approximate surface area is 113 Å². The smallest absolute Gasteiger partial charge is 0.152 e. The summed E-state index contributed by atoms with van der Waals surface area (Å²) >= 11 is 0. The van der Waals surface area contributed by atoms with Crippen LogP contribution >= 0.6 is 0 Å². The van der Waals surface area contributed by atoms with E-state index < -0.39 is 0 Å². The average Bonchev–Trinajstić information content (AvgIpc) is 3.02. The number of hydrogen-bond acceptors (Lipinski definition) is 4. The highest BCUT2D eigenvalue weighted by atomic mass is 16.1. The second-order valence-corrected chi connectivity index (χ2v) is 5.81. The molecule has 0 radical (unpaired) electrons. The van der Waals surface area contributed by atoms with E-state index in [1.807, 2.05) is 10.9 Å². The molecule has 1 aliphatic heterocycles. The highest BCUT2D eigenvalue weighted by Crippen LogP contribution is 2.29. The molecule has 0 aromatic carbocycles. The van der Waals surface area contributed by atoms with Gasteiger partial charge in [0.05, 0.1) is 18.3 Å². The first-order chi connectivity index (χ1) is 9.34. The first-order valence-electron chi connectivity index (χ1n) is 7.47. The molecule has 2 unspecified atom stereocenters. The Morgan fingerprint density at radius 3 is 2.79 bits per heavy atom. The summed E-state index contributed by atoms with van der Waals surface area (Å²) in [4.78, 5) is 12.6. The number of nitrogens with one attached hydrogen (secondary N) is 1. The van der Waals surface area contributed by atoms with Crippen molar-refractivity contribution in [2.75, 3.05) is 6.54 Å². The van der Waals surface area contributed by atoms with Crippen LogP contribution < -0.4 is 5.32 Å². The number of hydrogen-bond donors (Lipinski definition) is 1. The number of carbonyl (C=O) groups is 1. The lowest BCUT2D eigenvalue weighted by atomic mass is 9.81. The number of aromatic nitrogens is 3. The van der Waals surface area contributed by atoms with Crippen LogP contribution in [0.1, 0.15) is 51.0 Å². The number of ketones is 1. The van der Waals surface area contributed by atoms with Gasteiger partial charge in [-0.2, -0.15) is 0 Å². The van der Waals surface area contributed by atoms with Crippen LogP contribution in [0.15, 0.2) is 12.4 Å². The van der Waals surface area contributed by atoms with Crippen molar-refractivity contribution < 1.29 is 4.79 Å². The molecule has 1 saturated heterocycles. The monoisotopic (exact) mass is 262 g/mol. The third-order valence-electron chi connectivity index (χ3n) is 4.54. The molecule has 1 aromatic rings. The molecular formula is C14H22N4O. The SMILES string of the molecule is O=C(C1CCCCC1)C1CC(n2ccnn2)CCN1. The molecule has 1 aliphatic carbocycles. The second-order valence-electron chi connectivity index (χ2n) is 5.81. The molecule has 3 rings (SSSR count). The van der Waals surface area contributed by atoms with E-state index in [0.717, 1.165) is 32.2 Å². The van der Waals surface area contributed by atoms with E-state index >= 15 is 0 Å². The Bertz CT molecular complexity index is 411. The minimum Gasteiger partial charge on any atom is -0.307 e. The van der Waals surface area contributed by atoms with E-state index in [9.17, 15) is 4.79 Å². The van der Waals surface area contributed by atoms with Gasteiger partial charge in [-0.15, -0.1) is 5.10 Å². The summed E-state index contributed by atoms with van der Waals surface area (Å²) < 4.78 is 1.90. The van der Waals surface area contributed by atoms with Crippen LogP contribution in [0.4, 0.5) is 0 Å². The zero-order valence-corrected chi connectivity index (χ0v) is 11.3. The van der Waals surface area contributed by atoms with Gasteiger partial charge in [0, 0.05) is 12.1 Å². The number of rotatable bonds is 3. The number of piperidine rings is 1. The van der Waals surface area contributed by atoms with Gasteiger partial charge < -0.3 is 5.32 Å². The Morgan fingerprint density at radius 2 is 2.05 bits per heavy atom. The van der Waals surface area contributed by atoms with E-state index in [0.29, 0.717) is 17.7 Å². The molecule has 2 fully saturated rings. The predicted octanol–water partition coefficient (Wildman–Crippen LogP) is 1.72. The van der Waals surface area contributed by atoms with Crippen molar-refractivity contribution in [1.82, 2.24) is 20.3 Å². The minimum absolute atomic E-state index is 0.0195. The molecule has 2 aliphatic rings. The number of carbonyl (C=O) groups excluding carboxylic acids is 1. The number of Topliss-reactive ketones (excluding diaryl/α,β-unsaturated/α-hetero) is 1. The van der Waals surface area contributed by atoms with E-state index in [-0.39, 0.29) is 6.04 Å². The highest BCUT2D eigenvalue weighted by Gasteiger charge is 2.32. The summed E-state index contributed by atoms with van der Waals surface area (Å²) in [6.07, 6.45) is 11.4. The first kappa shape index (κ1) is 12.8.